The van der Waals surface area contributed by atoms with E-state index in [1.54, 1.807) is 4.90 Å². The van der Waals surface area contributed by atoms with Crippen LogP contribution < -0.4 is 5.32 Å². The molecule has 0 aromatic heterocycles. The number of likely N-dealkylation sites (N-methyl/N-ethyl adjacent to an activating group) is 1. The van der Waals surface area contributed by atoms with Crippen molar-refractivity contribution in [3.63, 3.8) is 0 Å². The summed E-state index contributed by atoms with van der Waals surface area (Å²) in [7, 11) is -1.04. The molecule has 0 bridgehead atoms. The number of nitrogens with zero attached hydrogens (tertiary/aromatic N) is 2. The van der Waals surface area contributed by atoms with Crippen LogP contribution in [0.25, 0.3) is 0 Å². The second kappa shape index (κ2) is 9.87. The molecule has 1 N–H and O–H groups in total. The Bertz CT molecular complexity index is 978. The molecule has 2 amide bonds. The number of amides is 2. The molecule has 0 heterocycles. The van der Waals surface area contributed by atoms with Crippen LogP contribution in [0.2, 0.25) is 5.02 Å². The lowest BCUT2D eigenvalue weighted by atomic mass is 10.2. The van der Waals surface area contributed by atoms with Crippen molar-refractivity contribution in [2.24, 2.45) is 0 Å². The molecule has 0 saturated heterocycles. The van der Waals surface area contributed by atoms with Crippen LogP contribution in [0.15, 0.2) is 53.4 Å². The first-order chi connectivity index (χ1) is 13.7. The van der Waals surface area contributed by atoms with E-state index in [0.29, 0.717) is 13.1 Å². The second-order valence-electron chi connectivity index (χ2n) is 6.51. The Morgan fingerprint density at radius 1 is 1.07 bits per heavy atom. The van der Waals surface area contributed by atoms with Crippen molar-refractivity contribution in [3.05, 3.63) is 64.7 Å². The Labute approximate surface area is 176 Å². The second-order valence-corrected chi connectivity index (χ2v) is 9.04. The van der Waals surface area contributed by atoms with E-state index in [9.17, 15) is 18.0 Å². The Morgan fingerprint density at radius 3 is 2.31 bits per heavy atom. The average molecular weight is 438 g/mol. The molecule has 2 aromatic rings. The molecule has 0 aliphatic heterocycles. The predicted molar refractivity (Wildman–Crippen MR) is 112 cm³/mol. The maximum Gasteiger partial charge on any atom is 0.251 e. The fourth-order valence-electron chi connectivity index (χ4n) is 2.59. The summed E-state index contributed by atoms with van der Waals surface area (Å²) in [4.78, 5) is 26.4. The molecule has 0 aliphatic carbocycles. The third-order valence-corrected chi connectivity index (χ3v) is 6.60. The van der Waals surface area contributed by atoms with Crippen molar-refractivity contribution < 1.29 is 18.0 Å². The van der Waals surface area contributed by atoms with Crippen LogP contribution in [0.3, 0.4) is 0 Å². The molecular formula is C20H24ClN3O4S. The number of carbonyl (C=O) groups is 2. The number of hydrogen-bond acceptors (Lipinski definition) is 4. The molecule has 2 rings (SSSR count). The van der Waals surface area contributed by atoms with E-state index in [4.69, 9.17) is 11.6 Å². The van der Waals surface area contributed by atoms with E-state index in [2.05, 4.69) is 5.32 Å². The molecule has 0 unspecified atom stereocenters. The minimum atomic E-state index is -3.80. The van der Waals surface area contributed by atoms with Crippen molar-refractivity contribution >= 4 is 33.4 Å². The highest BCUT2D eigenvalue weighted by molar-refractivity contribution is 7.89. The first kappa shape index (κ1) is 22.9. The molecule has 0 fully saturated rings. The Hall–Kier alpha value is -2.42. The van der Waals surface area contributed by atoms with Gasteiger partial charge in [-0.2, -0.15) is 0 Å². The van der Waals surface area contributed by atoms with Gasteiger partial charge in [0, 0.05) is 32.7 Å². The molecule has 7 nitrogen and oxygen atoms in total. The van der Waals surface area contributed by atoms with Crippen molar-refractivity contribution in [1.29, 1.82) is 0 Å². The van der Waals surface area contributed by atoms with Crippen molar-refractivity contribution in [2.45, 2.75) is 18.4 Å². The van der Waals surface area contributed by atoms with Crippen LogP contribution in [0.5, 0.6) is 0 Å². The molecule has 9 heteroatoms. The van der Waals surface area contributed by atoms with Crippen LogP contribution >= 0.6 is 11.6 Å². The lowest BCUT2D eigenvalue weighted by Crippen LogP contribution is -2.39. The van der Waals surface area contributed by atoms with Crippen LogP contribution in [-0.4, -0.2) is 56.6 Å². The summed E-state index contributed by atoms with van der Waals surface area (Å²) in [6.07, 6.45) is 0. The summed E-state index contributed by atoms with van der Waals surface area (Å²) >= 11 is 6.00. The standard InChI is InChI=1S/C20H24ClN3O4S/c1-4-24(14-15-8-6-5-7-9-15)19(25)13-22-20(26)16-10-11-17(21)18(12-16)29(27,28)23(2)3/h5-12H,4,13-14H2,1-3H3,(H,22,26). The quantitative estimate of drug-likeness (QED) is 0.686. The van der Waals surface area contributed by atoms with Gasteiger partial charge in [-0.25, -0.2) is 12.7 Å². The van der Waals surface area contributed by atoms with Crippen molar-refractivity contribution in [1.82, 2.24) is 14.5 Å². The van der Waals surface area contributed by atoms with E-state index < -0.39 is 15.9 Å². The normalized spacial score (nSPS) is 11.3. The highest BCUT2D eigenvalue weighted by Gasteiger charge is 2.23. The zero-order chi connectivity index (χ0) is 21.6. The smallest absolute Gasteiger partial charge is 0.251 e. The predicted octanol–water partition coefficient (Wildman–Crippen LogP) is 2.37. The van der Waals surface area contributed by atoms with Gasteiger partial charge in [0.15, 0.2) is 0 Å². The summed E-state index contributed by atoms with van der Waals surface area (Å²) in [5.41, 5.74) is 1.10. The zero-order valence-corrected chi connectivity index (χ0v) is 18.1. The summed E-state index contributed by atoms with van der Waals surface area (Å²) < 4.78 is 25.7. The van der Waals surface area contributed by atoms with Crippen LogP contribution in [0.1, 0.15) is 22.8 Å². The van der Waals surface area contributed by atoms with Crippen molar-refractivity contribution in [2.75, 3.05) is 27.2 Å². The molecule has 29 heavy (non-hydrogen) atoms. The molecule has 0 atom stereocenters. The highest BCUT2D eigenvalue weighted by atomic mass is 35.5. The third-order valence-electron chi connectivity index (χ3n) is 4.30. The monoisotopic (exact) mass is 437 g/mol. The molecule has 0 spiro atoms. The summed E-state index contributed by atoms with van der Waals surface area (Å²) in [6, 6.07) is 13.5. The summed E-state index contributed by atoms with van der Waals surface area (Å²) in [5.74, 6) is -0.791. The van der Waals surface area contributed by atoms with Gasteiger partial charge in [-0.3, -0.25) is 9.59 Å². The van der Waals surface area contributed by atoms with Gasteiger partial charge in [-0.05, 0) is 30.7 Å². The van der Waals surface area contributed by atoms with E-state index in [0.717, 1.165) is 9.87 Å². The van der Waals surface area contributed by atoms with E-state index in [1.807, 2.05) is 37.3 Å². The lowest BCUT2D eigenvalue weighted by molar-refractivity contribution is -0.130. The average Bonchev–Trinajstić information content (AvgIpc) is 2.70. The Morgan fingerprint density at radius 2 is 1.72 bits per heavy atom. The Balaban J connectivity index is 2.07. The fourth-order valence-corrected chi connectivity index (χ4v) is 3.98. The topological polar surface area (TPSA) is 86.8 Å². The number of rotatable bonds is 8. The molecule has 0 saturated carbocycles. The number of sulfonamides is 1. The maximum absolute atomic E-state index is 12.5. The number of carbonyl (C=O) groups excluding carboxylic acids is 2. The van der Waals surface area contributed by atoms with Gasteiger partial charge in [0.1, 0.15) is 4.90 Å². The third kappa shape index (κ3) is 5.79. The van der Waals surface area contributed by atoms with E-state index in [1.165, 1.54) is 32.3 Å². The molecule has 0 radical (unpaired) electrons. The van der Waals surface area contributed by atoms with Crippen LogP contribution in [-0.2, 0) is 21.4 Å². The number of halogens is 1. The van der Waals surface area contributed by atoms with Gasteiger partial charge in [-0.15, -0.1) is 0 Å². The zero-order valence-electron chi connectivity index (χ0n) is 16.6. The molecular weight excluding hydrogens is 414 g/mol. The van der Waals surface area contributed by atoms with Gasteiger partial charge in [-0.1, -0.05) is 41.9 Å². The van der Waals surface area contributed by atoms with Gasteiger partial charge >= 0.3 is 0 Å². The summed E-state index contributed by atoms with van der Waals surface area (Å²) in [5, 5.41) is 2.56. The molecule has 156 valence electrons. The number of hydrogen-bond donors (Lipinski definition) is 1. The van der Waals surface area contributed by atoms with Gasteiger partial charge in [0.2, 0.25) is 15.9 Å². The van der Waals surface area contributed by atoms with Gasteiger partial charge < -0.3 is 10.2 Å². The largest absolute Gasteiger partial charge is 0.343 e. The molecule has 2 aromatic carbocycles. The lowest BCUT2D eigenvalue weighted by Gasteiger charge is -2.21. The Kier molecular flexibility index (Phi) is 7.78. The van der Waals surface area contributed by atoms with E-state index in [-0.39, 0.29) is 27.9 Å². The highest BCUT2D eigenvalue weighted by Crippen LogP contribution is 2.24. The number of nitrogens with one attached hydrogen (secondary N) is 1. The van der Waals surface area contributed by atoms with Crippen LogP contribution in [0.4, 0.5) is 0 Å². The minimum Gasteiger partial charge on any atom is -0.343 e. The fraction of sp³-hybridized carbons (Fsp3) is 0.300. The van der Waals surface area contributed by atoms with Gasteiger partial charge in [0.05, 0.1) is 11.6 Å². The summed E-state index contributed by atoms with van der Waals surface area (Å²) in [6.45, 7) is 2.60. The minimum absolute atomic E-state index is 0.0198. The first-order valence-corrected chi connectivity index (χ1v) is 10.8. The first-order valence-electron chi connectivity index (χ1n) is 8.98. The molecule has 0 aliphatic rings. The van der Waals surface area contributed by atoms with Crippen LogP contribution in [0, 0.1) is 0 Å². The van der Waals surface area contributed by atoms with E-state index >= 15 is 0 Å². The van der Waals surface area contributed by atoms with Crippen molar-refractivity contribution in [3.8, 4) is 0 Å². The SMILES string of the molecule is CCN(Cc1ccccc1)C(=O)CNC(=O)c1ccc(Cl)c(S(=O)(=O)N(C)C)c1. The van der Waals surface area contributed by atoms with Gasteiger partial charge in [0.25, 0.3) is 5.91 Å². The maximum atomic E-state index is 12.5. The number of benzene rings is 2.